The first-order valence-corrected chi connectivity index (χ1v) is 8.58. The molecule has 0 aromatic rings. The van der Waals surface area contributed by atoms with E-state index in [0.717, 1.165) is 29.7 Å². The second-order valence-electron chi connectivity index (χ2n) is 6.74. The van der Waals surface area contributed by atoms with E-state index in [1.807, 2.05) is 0 Å². The van der Waals surface area contributed by atoms with E-state index in [2.05, 4.69) is 10.3 Å². The van der Waals surface area contributed by atoms with E-state index >= 15 is 0 Å². The first kappa shape index (κ1) is 12.9. The molecule has 3 fully saturated rings. The maximum absolute atomic E-state index is 12.2. The third kappa shape index (κ3) is 1.85. The van der Waals surface area contributed by atoms with Crippen LogP contribution in [0.1, 0.15) is 44.9 Å². The van der Waals surface area contributed by atoms with Crippen LogP contribution in [0.4, 0.5) is 0 Å². The lowest BCUT2D eigenvalue weighted by atomic mass is 9.87. The van der Waals surface area contributed by atoms with Crippen LogP contribution in [-0.2, 0) is 9.59 Å². The normalized spacial score (nSPS) is 43.2. The first-order valence-electron chi connectivity index (χ1n) is 7.77. The van der Waals surface area contributed by atoms with Gasteiger partial charge in [-0.3, -0.25) is 9.59 Å². The summed E-state index contributed by atoms with van der Waals surface area (Å²) in [6.07, 6.45) is 7.87. The number of amides is 2. The summed E-state index contributed by atoms with van der Waals surface area (Å²) in [7, 11) is 0. The van der Waals surface area contributed by atoms with Crippen molar-refractivity contribution in [2.24, 2.45) is 22.7 Å². The lowest BCUT2D eigenvalue weighted by molar-refractivity contribution is -0.132. The number of nitrogens with one attached hydrogen (secondary N) is 1. The minimum Gasteiger partial charge on any atom is -0.354 e. The first-order chi connectivity index (χ1) is 9.67. The number of rotatable bonds is 2. The lowest BCUT2D eigenvalue weighted by Crippen LogP contribution is -2.52. The van der Waals surface area contributed by atoms with Gasteiger partial charge in [-0.15, -0.1) is 0 Å². The summed E-state index contributed by atoms with van der Waals surface area (Å²) >= 11 is 1.45. The molecule has 2 aliphatic heterocycles. The Morgan fingerprint density at radius 3 is 2.90 bits per heavy atom. The van der Waals surface area contributed by atoms with Crippen molar-refractivity contribution in [3.8, 4) is 0 Å². The van der Waals surface area contributed by atoms with Crippen molar-refractivity contribution in [3.05, 3.63) is 0 Å². The molecular weight excluding hydrogens is 272 g/mol. The molecule has 0 aromatic heterocycles. The van der Waals surface area contributed by atoms with Crippen molar-refractivity contribution >= 4 is 28.6 Å². The molecule has 4 atom stereocenters. The van der Waals surface area contributed by atoms with Gasteiger partial charge in [0.1, 0.15) is 0 Å². The fraction of sp³-hybridized carbons (Fsp3) is 0.800. The molecule has 20 heavy (non-hydrogen) atoms. The van der Waals surface area contributed by atoms with Crippen molar-refractivity contribution < 1.29 is 9.59 Å². The topological polar surface area (TPSA) is 58.5 Å². The molecule has 108 valence electrons. The monoisotopic (exact) mass is 292 g/mol. The van der Waals surface area contributed by atoms with Gasteiger partial charge >= 0.3 is 0 Å². The molecule has 1 saturated heterocycles. The fourth-order valence-corrected chi connectivity index (χ4v) is 5.88. The molecule has 2 bridgehead atoms. The minimum absolute atomic E-state index is 0.120. The predicted molar refractivity (Wildman–Crippen MR) is 78.6 cm³/mol. The second-order valence-corrected chi connectivity index (χ2v) is 8.11. The van der Waals surface area contributed by atoms with Gasteiger partial charge < -0.3 is 5.32 Å². The number of carbonyl (C=O) groups is 2. The molecule has 4 aliphatic rings. The average Bonchev–Trinajstić information content (AvgIpc) is 3.10. The van der Waals surface area contributed by atoms with Gasteiger partial charge in [-0.25, -0.2) is 4.99 Å². The Kier molecular flexibility index (Phi) is 2.95. The van der Waals surface area contributed by atoms with E-state index in [9.17, 15) is 9.59 Å². The number of nitrogens with zero attached hydrogens (tertiary/aromatic N) is 1. The van der Waals surface area contributed by atoms with Crippen LogP contribution in [-0.4, -0.2) is 28.1 Å². The van der Waals surface area contributed by atoms with E-state index in [-0.39, 0.29) is 11.8 Å². The van der Waals surface area contributed by atoms with Crippen LogP contribution in [0.3, 0.4) is 0 Å². The minimum atomic E-state index is -0.912. The average molecular weight is 292 g/mol. The van der Waals surface area contributed by atoms with Crippen LogP contribution in [0.5, 0.6) is 0 Å². The smallest absolute Gasteiger partial charge is 0.272 e. The third-order valence-electron chi connectivity index (χ3n) is 5.54. The van der Waals surface area contributed by atoms with Crippen LogP contribution in [0.2, 0.25) is 0 Å². The SMILES string of the molecule is O=C1N=C(C[C@@H]2C[C@H]3CC[C@@H]2C3)SC12CCCNC2=O. The van der Waals surface area contributed by atoms with Gasteiger partial charge in [0.05, 0.1) is 5.04 Å². The third-order valence-corrected chi connectivity index (χ3v) is 6.95. The highest BCUT2D eigenvalue weighted by Crippen LogP contribution is 2.51. The molecule has 4 rings (SSSR count). The van der Waals surface area contributed by atoms with E-state index < -0.39 is 4.75 Å². The Morgan fingerprint density at radius 1 is 1.30 bits per heavy atom. The summed E-state index contributed by atoms with van der Waals surface area (Å²) in [6.45, 7) is 0.691. The van der Waals surface area contributed by atoms with Gasteiger partial charge in [-0.2, -0.15) is 0 Å². The molecule has 1 spiro atoms. The van der Waals surface area contributed by atoms with Crippen molar-refractivity contribution in [3.63, 3.8) is 0 Å². The Hall–Kier alpha value is -0.840. The number of carbonyl (C=O) groups excluding carboxylic acids is 2. The van der Waals surface area contributed by atoms with E-state index in [4.69, 9.17) is 0 Å². The highest BCUT2D eigenvalue weighted by molar-refractivity contribution is 8.16. The number of hydrogen-bond donors (Lipinski definition) is 1. The maximum atomic E-state index is 12.2. The molecule has 2 saturated carbocycles. The molecule has 0 radical (unpaired) electrons. The Balaban J connectivity index is 1.47. The van der Waals surface area contributed by atoms with Crippen LogP contribution < -0.4 is 5.32 Å². The summed E-state index contributed by atoms with van der Waals surface area (Å²) in [5, 5.41) is 3.75. The zero-order chi connectivity index (χ0) is 13.7. The predicted octanol–water partition coefficient (Wildman–Crippen LogP) is 2.13. The van der Waals surface area contributed by atoms with Gasteiger partial charge in [0.15, 0.2) is 4.75 Å². The van der Waals surface area contributed by atoms with Gasteiger partial charge in [0.2, 0.25) is 5.91 Å². The number of hydrogen-bond acceptors (Lipinski definition) is 3. The Labute approximate surface area is 123 Å². The summed E-state index contributed by atoms with van der Waals surface area (Å²) in [5.74, 6) is 2.13. The number of fused-ring (bicyclic) bond motifs is 2. The largest absolute Gasteiger partial charge is 0.354 e. The highest BCUT2D eigenvalue weighted by atomic mass is 32.2. The van der Waals surface area contributed by atoms with Gasteiger partial charge in [-0.05, 0) is 56.3 Å². The Morgan fingerprint density at radius 2 is 2.20 bits per heavy atom. The van der Waals surface area contributed by atoms with Gasteiger partial charge in [0, 0.05) is 6.54 Å². The van der Waals surface area contributed by atoms with E-state index in [0.29, 0.717) is 18.9 Å². The lowest BCUT2D eigenvalue weighted by Gasteiger charge is -2.29. The molecule has 2 heterocycles. The summed E-state index contributed by atoms with van der Waals surface area (Å²) in [5.41, 5.74) is 0. The highest BCUT2D eigenvalue weighted by Gasteiger charge is 2.53. The zero-order valence-electron chi connectivity index (χ0n) is 11.6. The summed E-state index contributed by atoms with van der Waals surface area (Å²) in [4.78, 5) is 28.6. The maximum Gasteiger partial charge on any atom is 0.272 e. The van der Waals surface area contributed by atoms with Crippen molar-refractivity contribution in [1.82, 2.24) is 5.32 Å². The van der Waals surface area contributed by atoms with Gasteiger partial charge in [0.25, 0.3) is 5.91 Å². The van der Waals surface area contributed by atoms with Crippen molar-refractivity contribution in [1.29, 1.82) is 0 Å². The molecule has 4 nitrogen and oxygen atoms in total. The number of aliphatic imine (C=N–C) groups is 1. The van der Waals surface area contributed by atoms with Crippen LogP contribution in [0.15, 0.2) is 4.99 Å². The molecule has 2 aliphatic carbocycles. The molecule has 1 N–H and O–H groups in total. The molecule has 0 aromatic carbocycles. The summed E-state index contributed by atoms with van der Waals surface area (Å²) in [6, 6.07) is 0. The van der Waals surface area contributed by atoms with Crippen LogP contribution in [0, 0.1) is 17.8 Å². The summed E-state index contributed by atoms with van der Waals surface area (Å²) < 4.78 is -0.912. The second kappa shape index (κ2) is 4.58. The van der Waals surface area contributed by atoms with E-state index in [1.165, 1.54) is 37.4 Å². The fourth-order valence-electron chi connectivity index (χ4n) is 4.51. The van der Waals surface area contributed by atoms with Crippen LogP contribution >= 0.6 is 11.8 Å². The van der Waals surface area contributed by atoms with E-state index in [1.54, 1.807) is 0 Å². The molecular formula is C15H20N2O2S. The molecule has 1 unspecified atom stereocenters. The van der Waals surface area contributed by atoms with Crippen molar-refractivity contribution in [2.75, 3.05) is 6.54 Å². The number of piperidine rings is 1. The number of thioether (sulfide) groups is 1. The zero-order valence-corrected chi connectivity index (χ0v) is 12.4. The Bertz CT molecular complexity index is 504. The van der Waals surface area contributed by atoms with Crippen LogP contribution in [0.25, 0.3) is 0 Å². The molecule has 2 amide bonds. The molecule has 5 heteroatoms. The van der Waals surface area contributed by atoms with Gasteiger partial charge in [-0.1, -0.05) is 18.2 Å². The standard InChI is InChI=1S/C15H20N2O2S/c18-13-15(4-1-5-16-13)14(19)17-12(20-15)8-11-7-9-2-3-10(11)6-9/h9-11H,1-8H2,(H,16,18)/t9-,10+,11-,15?/m0/s1. The quantitative estimate of drug-likeness (QED) is 0.793. The van der Waals surface area contributed by atoms with Crippen molar-refractivity contribution in [2.45, 2.75) is 49.7 Å².